The van der Waals surface area contributed by atoms with Crippen LogP contribution in [-0.2, 0) is 10.0 Å². The topological polar surface area (TPSA) is 104 Å². The van der Waals surface area contributed by atoms with Crippen LogP contribution < -0.4 is 4.72 Å². The van der Waals surface area contributed by atoms with Gasteiger partial charge in [-0.3, -0.25) is 14.9 Å². The van der Waals surface area contributed by atoms with Crippen molar-refractivity contribution in [1.82, 2.24) is 20.4 Å². The lowest BCUT2D eigenvalue weighted by Crippen LogP contribution is -2.12. The number of anilines is 1. The van der Waals surface area contributed by atoms with Gasteiger partial charge in [0.05, 0.1) is 6.20 Å². The van der Waals surface area contributed by atoms with E-state index in [1.807, 2.05) is 0 Å². The Labute approximate surface area is 86.0 Å². The van der Waals surface area contributed by atoms with E-state index in [1.54, 1.807) is 13.0 Å². The molecule has 0 aliphatic rings. The summed E-state index contributed by atoms with van der Waals surface area (Å²) in [5.74, 6) is 0.258. The van der Waals surface area contributed by atoms with Crippen LogP contribution in [0.2, 0.25) is 0 Å². The van der Waals surface area contributed by atoms with E-state index in [-0.39, 0.29) is 10.7 Å². The van der Waals surface area contributed by atoms with Crippen molar-refractivity contribution in [1.29, 1.82) is 0 Å². The molecule has 0 atom stereocenters. The molecule has 0 amide bonds. The van der Waals surface area contributed by atoms with Crippen LogP contribution in [0.15, 0.2) is 23.4 Å². The van der Waals surface area contributed by atoms with Gasteiger partial charge in [0.25, 0.3) is 10.0 Å². The maximum absolute atomic E-state index is 11.6. The summed E-state index contributed by atoms with van der Waals surface area (Å²) in [5.41, 5.74) is 0.778. The molecule has 3 N–H and O–H groups in total. The van der Waals surface area contributed by atoms with Crippen LogP contribution in [0.25, 0.3) is 0 Å². The molecule has 0 spiro atoms. The standard InChI is InChI=1S/C7H9N5O2S/c1-5-2-7(11-10-5)12-15(13,14)6-3-8-9-4-6/h2-4H,1H3,(H,8,9)(H2,10,11,12). The Bertz CT molecular complexity index is 542. The third-order valence-corrected chi connectivity index (χ3v) is 3.05. The molecule has 7 nitrogen and oxygen atoms in total. The Kier molecular flexibility index (Phi) is 2.19. The molecule has 2 aromatic rings. The van der Waals surface area contributed by atoms with Crippen molar-refractivity contribution in [2.24, 2.45) is 0 Å². The van der Waals surface area contributed by atoms with Gasteiger partial charge < -0.3 is 0 Å². The first-order valence-corrected chi connectivity index (χ1v) is 5.60. The van der Waals surface area contributed by atoms with Crippen LogP contribution >= 0.6 is 0 Å². The van der Waals surface area contributed by atoms with Crippen molar-refractivity contribution < 1.29 is 8.42 Å². The Morgan fingerprint density at radius 3 is 2.80 bits per heavy atom. The van der Waals surface area contributed by atoms with Gasteiger partial charge in [-0.25, -0.2) is 8.42 Å². The first-order valence-electron chi connectivity index (χ1n) is 4.11. The normalized spacial score (nSPS) is 11.5. The second-order valence-corrected chi connectivity index (χ2v) is 4.66. The first-order chi connectivity index (χ1) is 7.08. The minimum atomic E-state index is -3.58. The van der Waals surface area contributed by atoms with Gasteiger partial charge in [-0.2, -0.15) is 10.2 Å². The molecular weight excluding hydrogens is 218 g/mol. The zero-order valence-corrected chi connectivity index (χ0v) is 8.67. The maximum atomic E-state index is 11.6. The molecule has 0 bridgehead atoms. The number of sulfonamides is 1. The maximum Gasteiger partial charge on any atom is 0.266 e. The van der Waals surface area contributed by atoms with Gasteiger partial charge in [-0.05, 0) is 6.92 Å². The zero-order valence-electron chi connectivity index (χ0n) is 7.85. The van der Waals surface area contributed by atoms with Crippen molar-refractivity contribution in [3.05, 3.63) is 24.2 Å². The van der Waals surface area contributed by atoms with Crippen molar-refractivity contribution in [2.75, 3.05) is 4.72 Å². The average molecular weight is 227 g/mol. The second kappa shape index (κ2) is 3.39. The SMILES string of the molecule is Cc1cc(NS(=O)(=O)c2cn[nH]c2)n[nH]1. The quantitative estimate of drug-likeness (QED) is 0.698. The number of rotatable bonds is 3. The molecule has 2 aromatic heterocycles. The number of aromatic nitrogens is 4. The molecule has 0 fully saturated rings. The molecule has 0 saturated carbocycles. The van der Waals surface area contributed by atoms with Crippen molar-refractivity contribution in [3.8, 4) is 0 Å². The molecule has 0 saturated heterocycles. The Morgan fingerprint density at radius 1 is 1.47 bits per heavy atom. The molecule has 8 heteroatoms. The predicted octanol–water partition coefficient (Wildman–Crippen LogP) is 0.242. The summed E-state index contributed by atoms with van der Waals surface area (Å²) < 4.78 is 25.6. The largest absolute Gasteiger partial charge is 0.284 e. The van der Waals surface area contributed by atoms with E-state index >= 15 is 0 Å². The van der Waals surface area contributed by atoms with E-state index in [2.05, 4.69) is 25.1 Å². The summed E-state index contributed by atoms with van der Waals surface area (Å²) in [6, 6.07) is 1.59. The monoisotopic (exact) mass is 227 g/mol. The number of H-pyrrole nitrogens is 2. The van der Waals surface area contributed by atoms with Crippen LogP contribution in [-0.4, -0.2) is 28.8 Å². The van der Waals surface area contributed by atoms with E-state index < -0.39 is 10.0 Å². The fourth-order valence-electron chi connectivity index (χ4n) is 1.05. The smallest absolute Gasteiger partial charge is 0.266 e. The third-order valence-electron chi connectivity index (χ3n) is 1.73. The summed E-state index contributed by atoms with van der Waals surface area (Å²) >= 11 is 0. The summed E-state index contributed by atoms with van der Waals surface area (Å²) in [4.78, 5) is 0.0724. The van der Waals surface area contributed by atoms with Gasteiger partial charge in [0.2, 0.25) is 0 Å². The van der Waals surface area contributed by atoms with Gasteiger partial charge in [0, 0.05) is 18.0 Å². The number of aryl methyl sites for hydroxylation is 1. The van der Waals surface area contributed by atoms with Gasteiger partial charge >= 0.3 is 0 Å². The highest BCUT2D eigenvalue weighted by molar-refractivity contribution is 7.92. The van der Waals surface area contributed by atoms with Gasteiger partial charge in [0.15, 0.2) is 5.82 Å². The predicted molar refractivity (Wildman–Crippen MR) is 52.7 cm³/mol. The van der Waals surface area contributed by atoms with Crippen LogP contribution in [0, 0.1) is 6.92 Å². The van der Waals surface area contributed by atoms with Crippen LogP contribution in [0.5, 0.6) is 0 Å². The van der Waals surface area contributed by atoms with Gasteiger partial charge in [-0.15, -0.1) is 0 Å². The molecule has 2 heterocycles. The van der Waals surface area contributed by atoms with Gasteiger partial charge in [0.1, 0.15) is 4.90 Å². The molecule has 0 aliphatic carbocycles. The minimum Gasteiger partial charge on any atom is -0.284 e. The zero-order chi connectivity index (χ0) is 10.9. The Balaban J connectivity index is 2.26. The van der Waals surface area contributed by atoms with Crippen molar-refractivity contribution in [2.45, 2.75) is 11.8 Å². The molecule has 2 rings (SSSR count). The summed E-state index contributed by atoms with van der Waals surface area (Å²) in [7, 11) is -3.58. The van der Waals surface area contributed by atoms with E-state index in [0.717, 1.165) is 5.69 Å². The lowest BCUT2D eigenvalue weighted by molar-refractivity contribution is 0.601. The fourth-order valence-corrected chi connectivity index (χ4v) is 1.95. The van der Waals surface area contributed by atoms with E-state index in [1.165, 1.54) is 12.4 Å². The number of nitrogens with one attached hydrogen (secondary N) is 3. The summed E-state index contributed by atoms with van der Waals surface area (Å²) in [6.45, 7) is 1.78. The highest BCUT2D eigenvalue weighted by atomic mass is 32.2. The molecular formula is C7H9N5O2S. The summed E-state index contributed by atoms with van der Waals surface area (Å²) in [6.07, 6.45) is 2.52. The number of nitrogens with zero attached hydrogens (tertiary/aromatic N) is 2. The molecule has 0 unspecified atom stereocenters. The number of aromatic amines is 2. The van der Waals surface area contributed by atoms with Crippen molar-refractivity contribution in [3.63, 3.8) is 0 Å². The highest BCUT2D eigenvalue weighted by Gasteiger charge is 2.16. The van der Waals surface area contributed by atoms with E-state index in [4.69, 9.17) is 0 Å². The van der Waals surface area contributed by atoms with E-state index in [9.17, 15) is 8.42 Å². The molecule has 15 heavy (non-hydrogen) atoms. The number of hydrogen-bond acceptors (Lipinski definition) is 4. The lowest BCUT2D eigenvalue weighted by Gasteiger charge is -2.00. The van der Waals surface area contributed by atoms with Crippen LogP contribution in [0.4, 0.5) is 5.82 Å². The molecule has 0 aromatic carbocycles. The average Bonchev–Trinajstić information content (AvgIpc) is 2.75. The molecule has 0 radical (unpaired) electrons. The first kappa shape index (κ1) is 9.71. The fraction of sp³-hybridized carbons (Fsp3) is 0.143. The van der Waals surface area contributed by atoms with Crippen LogP contribution in [0.3, 0.4) is 0 Å². The van der Waals surface area contributed by atoms with Crippen LogP contribution in [0.1, 0.15) is 5.69 Å². The van der Waals surface area contributed by atoms with Gasteiger partial charge in [-0.1, -0.05) is 0 Å². The summed E-state index contributed by atoms with van der Waals surface area (Å²) in [5, 5.41) is 12.4. The van der Waals surface area contributed by atoms with E-state index in [0.29, 0.717) is 0 Å². The number of hydrogen-bond donors (Lipinski definition) is 3. The highest BCUT2D eigenvalue weighted by Crippen LogP contribution is 2.12. The minimum absolute atomic E-state index is 0.0724. The lowest BCUT2D eigenvalue weighted by atomic mass is 10.5. The Morgan fingerprint density at radius 2 is 2.27 bits per heavy atom. The van der Waals surface area contributed by atoms with Crippen molar-refractivity contribution >= 4 is 15.8 Å². The third kappa shape index (κ3) is 1.99. The second-order valence-electron chi connectivity index (χ2n) is 2.98. The molecule has 80 valence electrons. The molecule has 0 aliphatic heterocycles. The Hall–Kier alpha value is -1.83.